The lowest BCUT2D eigenvalue weighted by Crippen LogP contribution is -2.37. The van der Waals surface area contributed by atoms with E-state index in [0.717, 1.165) is 0 Å². The molecular weight excluding hydrogens is 337 g/mol. The van der Waals surface area contributed by atoms with Crippen LogP contribution in [0.5, 0.6) is 0 Å². The van der Waals surface area contributed by atoms with Crippen LogP contribution in [-0.2, 0) is 0 Å². The standard InChI is InChI=1S/C18H26S2Si2/c1-21(2,3)17-11-7-15(8-12-17)19-20-16-9-13-18(14-10-16)22(4,5)6/h7-14H,1-6H3. The first-order chi connectivity index (χ1) is 10.2. The highest BCUT2D eigenvalue weighted by atomic mass is 33.1. The van der Waals surface area contributed by atoms with Crippen molar-refractivity contribution in [2.24, 2.45) is 0 Å². The lowest BCUT2D eigenvalue weighted by molar-refractivity contribution is 1.47. The molecule has 22 heavy (non-hydrogen) atoms. The highest BCUT2D eigenvalue weighted by Crippen LogP contribution is 2.36. The van der Waals surface area contributed by atoms with Gasteiger partial charge in [0, 0.05) is 9.79 Å². The fraction of sp³-hybridized carbons (Fsp3) is 0.333. The molecule has 0 unspecified atom stereocenters. The molecule has 0 aliphatic rings. The van der Waals surface area contributed by atoms with Crippen LogP contribution in [0.25, 0.3) is 0 Å². The van der Waals surface area contributed by atoms with Crippen LogP contribution in [0.1, 0.15) is 0 Å². The number of hydrogen-bond donors (Lipinski definition) is 0. The summed E-state index contributed by atoms with van der Waals surface area (Å²) < 4.78 is 0. The normalized spacial score (nSPS) is 12.5. The van der Waals surface area contributed by atoms with Crippen molar-refractivity contribution in [3.05, 3.63) is 48.5 Å². The van der Waals surface area contributed by atoms with Gasteiger partial charge in [0.15, 0.2) is 0 Å². The first kappa shape index (κ1) is 17.9. The summed E-state index contributed by atoms with van der Waals surface area (Å²) in [6.07, 6.45) is 0. The summed E-state index contributed by atoms with van der Waals surface area (Å²) in [6, 6.07) is 18.3. The Morgan fingerprint density at radius 3 is 1.00 bits per heavy atom. The summed E-state index contributed by atoms with van der Waals surface area (Å²) in [7, 11) is 1.34. The van der Waals surface area contributed by atoms with Crippen LogP contribution in [0.15, 0.2) is 58.3 Å². The molecule has 0 spiro atoms. The van der Waals surface area contributed by atoms with Crippen LogP contribution < -0.4 is 10.4 Å². The second-order valence-corrected chi connectivity index (χ2v) is 20.1. The molecule has 0 N–H and O–H groups in total. The van der Waals surface area contributed by atoms with E-state index >= 15 is 0 Å². The zero-order valence-electron chi connectivity index (χ0n) is 14.4. The Bertz CT molecular complexity index is 548. The molecule has 0 amide bonds. The molecule has 0 aliphatic heterocycles. The summed E-state index contributed by atoms with van der Waals surface area (Å²) >= 11 is 0. The predicted molar refractivity (Wildman–Crippen MR) is 111 cm³/mol. The Morgan fingerprint density at radius 2 is 0.773 bits per heavy atom. The molecule has 0 nitrogen and oxygen atoms in total. The summed E-state index contributed by atoms with van der Waals surface area (Å²) in [4.78, 5) is 2.67. The van der Waals surface area contributed by atoms with Crippen LogP contribution in [-0.4, -0.2) is 16.1 Å². The van der Waals surface area contributed by atoms with Crippen molar-refractivity contribution in [1.29, 1.82) is 0 Å². The van der Waals surface area contributed by atoms with E-state index in [1.54, 1.807) is 0 Å². The zero-order valence-corrected chi connectivity index (χ0v) is 18.1. The first-order valence-electron chi connectivity index (χ1n) is 7.72. The maximum atomic E-state index is 2.39. The molecule has 2 aromatic carbocycles. The van der Waals surface area contributed by atoms with Gasteiger partial charge in [0.25, 0.3) is 0 Å². The zero-order chi connectivity index (χ0) is 16.4. The smallest absolute Gasteiger partial charge is 0.0656 e. The molecule has 0 radical (unpaired) electrons. The Morgan fingerprint density at radius 1 is 0.500 bits per heavy atom. The van der Waals surface area contributed by atoms with Crippen LogP contribution in [0, 0.1) is 0 Å². The van der Waals surface area contributed by atoms with Crippen LogP contribution in [0.2, 0.25) is 39.3 Å². The third-order valence-electron chi connectivity index (χ3n) is 3.67. The van der Waals surface area contributed by atoms with Crippen LogP contribution >= 0.6 is 21.6 Å². The lowest BCUT2D eigenvalue weighted by atomic mass is 10.4. The molecule has 0 saturated heterocycles. The molecule has 4 heteroatoms. The maximum Gasteiger partial charge on any atom is 0.0775 e. The summed E-state index contributed by atoms with van der Waals surface area (Å²) in [5.74, 6) is 0. The van der Waals surface area contributed by atoms with Gasteiger partial charge >= 0.3 is 0 Å². The molecule has 118 valence electrons. The summed E-state index contributed by atoms with van der Waals surface area (Å²) in [5, 5.41) is 3.06. The maximum absolute atomic E-state index is 2.39. The Kier molecular flexibility index (Phi) is 5.70. The van der Waals surface area contributed by atoms with Gasteiger partial charge in [-0.3, -0.25) is 0 Å². The van der Waals surface area contributed by atoms with E-state index in [1.165, 1.54) is 20.2 Å². The van der Waals surface area contributed by atoms with Crippen molar-refractivity contribution in [3.63, 3.8) is 0 Å². The van der Waals surface area contributed by atoms with Gasteiger partial charge in [-0.1, -0.05) is 95.5 Å². The summed E-state index contributed by atoms with van der Waals surface area (Å²) in [6.45, 7) is 14.4. The Labute approximate surface area is 145 Å². The van der Waals surface area contributed by atoms with Gasteiger partial charge < -0.3 is 0 Å². The van der Waals surface area contributed by atoms with E-state index in [1.807, 2.05) is 21.6 Å². The first-order valence-corrected chi connectivity index (χ1v) is 16.9. The van der Waals surface area contributed by atoms with Gasteiger partial charge in [0.1, 0.15) is 0 Å². The number of rotatable bonds is 5. The van der Waals surface area contributed by atoms with Gasteiger partial charge in [-0.15, -0.1) is 0 Å². The number of hydrogen-bond acceptors (Lipinski definition) is 2. The molecule has 0 heterocycles. The van der Waals surface area contributed by atoms with Crippen molar-refractivity contribution >= 4 is 48.1 Å². The van der Waals surface area contributed by atoms with Gasteiger partial charge in [-0.2, -0.15) is 0 Å². The second-order valence-electron chi connectivity index (χ2n) is 7.72. The summed E-state index contributed by atoms with van der Waals surface area (Å²) in [5.41, 5.74) is 0. The fourth-order valence-corrected chi connectivity index (χ4v) is 6.38. The quantitative estimate of drug-likeness (QED) is 0.503. The van der Waals surface area contributed by atoms with E-state index in [2.05, 4.69) is 87.8 Å². The van der Waals surface area contributed by atoms with Crippen molar-refractivity contribution in [3.8, 4) is 0 Å². The molecule has 0 bridgehead atoms. The van der Waals surface area contributed by atoms with E-state index in [0.29, 0.717) is 0 Å². The monoisotopic (exact) mass is 362 g/mol. The minimum Gasteiger partial charge on any atom is -0.0656 e. The third kappa shape index (κ3) is 5.05. The average molecular weight is 363 g/mol. The van der Waals surface area contributed by atoms with Gasteiger partial charge in [-0.05, 0) is 24.3 Å². The van der Waals surface area contributed by atoms with E-state index in [-0.39, 0.29) is 0 Å². The van der Waals surface area contributed by atoms with Gasteiger partial charge in [-0.25, -0.2) is 0 Å². The third-order valence-corrected chi connectivity index (χ3v) is 10.2. The molecule has 2 rings (SSSR count). The Hall–Kier alpha value is -0.426. The number of benzene rings is 2. The molecule has 0 saturated carbocycles. The Balaban J connectivity index is 1.98. The molecule has 0 atom stereocenters. The average Bonchev–Trinajstić information content (AvgIpc) is 2.44. The molecule has 2 aromatic rings. The van der Waals surface area contributed by atoms with Crippen LogP contribution in [0.4, 0.5) is 0 Å². The predicted octanol–water partition coefficient (Wildman–Crippen LogP) is 5.58. The second kappa shape index (κ2) is 6.99. The lowest BCUT2D eigenvalue weighted by Gasteiger charge is -2.17. The highest BCUT2D eigenvalue weighted by Gasteiger charge is 2.16. The largest absolute Gasteiger partial charge is 0.0775 e. The molecule has 0 aliphatic carbocycles. The fourth-order valence-electron chi connectivity index (χ4n) is 2.12. The SMILES string of the molecule is C[Si](C)(C)c1ccc(SSc2ccc([Si](C)(C)C)cc2)cc1. The van der Waals surface area contributed by atoms with Crippen LogP contribution in [0.3, 0.4) is 0 Å². The van der Waals surface area contributed by atoms with E-state index in [9.17, 15) is 0 Å². The highest BCUT2D eigenvalue weighted by molar-refractivity contribution is 8.76. The molecular formula is C18H26S2Si2. The van der Waals surface area contributed by atoms with Gasteiger partial charge in [0.05, 0.1) is 16.1 Å². The van der Waals surface area contributed by atoms with E-state index < -0.39 is 16.1 Å². The minimum absolute atomic E-state index is 1.18. The molecule has 0 fully saturated rings. The van der Waals surface area contributed by atoms with Crippen molar-refractivity contribution in [1.82, 2.24) is 0 Å². The van der Waals surface area contributed by atoms with Gasteiger partial charge in [0.2, 0.25) is 0 Å². The van der Waals surface area contributed by atoms with E-state index in [4.69, 9.17) is 0 Å². The van der Waals surface area contributed by atoms with Crippen molar-refractivity contribution in [2.75, 3.05) is 0 Å². The topological polar surface area (TPSA) is 0 Å². The van der Waals surface area contributed by atoms with Crippen molar-refractivity contribution < 1.29 is 0 Å². The van der Waals surface area contributed by atoms with Crippen molar-refractivity contribution in [2.45, 2.75) is 49.1 Å². The minimum atomic E-state index is -1.18. The molecule has 0 aromatic heterocycles.